The Morgan fingerprint density at radius 1 is 1.26 bits per heavy atom. The Hall–Kier alpha value is -1.53. The first-order chi connectivity index (χ1) is 8.54. The molecule has 0 atom stereocenters. The lowest BCUT2D eigenvalue weighted by molar-refractivity contribution is -0.114. The number of diazo groups is 1. The van der Waals surface area contributed by atoms with Crippen LogP contribution in [0, 0.1) is 5.39 Å². The standard InChI is InChI=1S/C8H5Cl2N3O.BF4/c1-4(14)12-8-6(9)2-5(13-11)3-7(8)10;2-1(3,4)5/h2-3H,1H3;/q;-1/p+1. The van der Waals surface area contributed by atoms with Gasteiger partial charge in [0.2, 0.25) is 11.3 Å². The quantitative estimate of drug-likeness (QED) is 0.462. The molecule has 0 saturated heterocycles. The van der Waals surface area contributed by atoms with Crippen LogP contribution in [0.1, 0.15) is 6.92 Å². The topological polar surface area (TPSA) is 57.2 Å². The van der Waals surface area contributed by atoms with Gasteiger partial charge in [-0.25, -0.2) is 0 Å². The maximum atomic E-state index is 10.8. The second-order valence-electron chi connectivity index (χ2n) is 3.06. The molecule has 0 aliphatic carbocycles. The highest BCUT2D eigenvalue weighted by Gasteiger charge is 2.20. The number of carbonyl (C=O) groups excluding carboxylic acids is 1. The van der Waals surface area contributed by atoms with Gasteiger partial charge in [-0.2, -0.15) is 0 Å². The predicted octanol–water partition coefficient (Wildman–Crippen LogP) is 4.74. The molecular formula is C8H6BCl2F4N3O. The minimum atomic E-state index is -6.00. The molecule has 104 valence electrons. The zero-order chi connectivity index (χ0) is 15.2. The number of anilines is 1. The summed E-state index contributed by atoms with van der Waals surface area (Å²) in [6.45, 7) is 1.34. The number of hydrogen-bond acceptors (Lipinski definition) is 2. The molecule has 0 heterocycles. The van der Waals surface area contributed by atoms with E-state index in [2.05, 4.69) is 10.3 Å². The molecular weight excluding hydrogens is 312 g/mol. The van der Waals surface area contributed by atoms with Crippen LogP contribution in [0.4, 0.5) is 28.6 Å². The van der Waals surface area contributed by atoms with Gasteiger partial charge in [0.25, 0.3) is 0 Å². The summed E-state index contributed by atoms with van der Waals surface area (Å²) in [5.41, 5.74) is 0.544. The molecule has 1 aromatic carbocycles. The Kier molecular flexibility index (Phi) is 6.58. The summed E-state index contributed by atoms with van der Waals surface area (Å²) in [6.07, 6.45) is 0. The van der Waals surface area contributed by atoms with E-state index in [0.29, 0.717) is 5.69 Å². The van der Waals surface area contributed by atoms with E-state index in [1.165, 1.54) is 19.1 Å². The van der Waals surface area contributed by atoms with Gasteiger partial charge in [0.05, 0.1) is 27.9 Å². The molecule has 0 aromatic heterocycles. The van der Waals surface area contributed by atoms with E-state index in [-0.39, 0.29) is 21.6 Å². The fourth-order valence-corrected chi connectivity index (χ4v) is 1.48. The Labute approximate surface area is 115 Å². The second kappa shape index (κ2) is 7.16. The number of carbonyl (C=O) groups is 1. The largest absolute Gasteiger partial charge is 0.673 e. The van der Waals surface area contributed by atoms with Crippen molar-refractivity contribution in [2.75, 3.05) is 5.32 Å². The summed E-state index contributed by atoms with van der Waals surface area (Å²) in [5, 5.41) is 11.4. The first-order valence-corrected chi connectivity index (χ1v) is 5.29. The predicted molar refractivity (Wildman–Crippen MR) is 65.7 cm³/mol. The van der Waals surface area contributed by atoms with E-state index in [1.54, 1.807) is 0 Å². The van der Waals surface area contributed by atoms with Crippen molar-refractivity contribution in [3.05, 3.63) is 27.2 Å². The maximum absolute atomic E-state index is 10.8. The molecule has 11 heteroatoms. The molecule has 1 N–H and O–H groups in total. The van der Waals surface area contributed by atoms with Gasteiger partial charge in [0.1, 0.15) is 0 Å². The summed E-state index contributed by atoms with van der Waals surface area (Å²) < 4.78 is 39.0. The Morgan fingerprint density at radius 2 is 1.63 bits per heavy atom. The van der Waals surface area contributed by atoms with Gasteiger partial charge in [0.15, 0.2) is 4.98 Å². The van der Waals surface area contributed by atoms with Crippen molar-refractivity contribution < 1.29 is 22.1 Å². The maximum Gasteiger partial charge on any atom is 0.673 e. The molecule has 1 amide bonds. The normalized spacial score (nSPS) is 10.0. The highest BCUT2D eigenvalue weighted by molar-refractivity contribution is 6.50. The van der Waals surface area contributed by atoms with Crippen molar-refractivity contribution in [1.29, 1.82) is 5.39 Å². The van der Waals surface area contributed by atoms with Gasteiger partial charge in [-0.05, 0) is 0 Å². The van der Waals surface area contributed by atoms with Crippen LogP contribution in [0.2, 0.25) is 10.0 Å². The zero-order valence-corrected chi connectivity index (χ0v) is 10.8. The molecule has 1 aromatic rings. The van der Waals surface area contributed by atoms with Crippen molar-refractivity contribution in [1.82, 2.24) is 0 Å². The minimum Gasteiger partial charge on any atom is -0.418 e. The molecule has 0 saturated carbocycles. The lowest BCUT2D eigenvalue weighted by Crippen LogP contribution is -2.06. The summed E-state index contributed by atoms with van der Waals surface area (Å²) in [4.78, 5) is 13.7. The third-order valence-electron chi connectivity index (χ3n) is 1.44. The lowest BCUT2D eigenvalue weighted by atomic mass is 10.3. The average Bonchev–Trinajstić information content (AvgIpc) is 2.20. The van der Waals surface area contributed by atoms with Crippen LogP contribution in [0.15, 0.2) is 12.1 Å². The molecule has 0 spiro atoms. The molecule has 0 fully saturated rings. The molecule has 0 unspecified atom stereocenters. The molecule has 4 nitrogen and oxygen atoms in total. The molecule has 0 bridgehead atoms. The van der Waals surface area contributed by atoms with E-state index in [1.807, 2.05) is 0 Å². The molecule has 0 aliphatic rings. The van der Waals surface area contributed by atoms with Gasteiger partial charge in [0, 0.05) is 6.92 Å². The highest BCUT2D eigenvalue weighted by atomic mass is 35.5. The lowest BCUT2D eigenvalue weighted by Gasteiger charge is -2.04. The third kappa shape index (κ3) is 8.23. The molecule has 19 heavy (non-hydrogen) atoms. The monoisotopic (exact) mass is 317 g/mol. The number of halogens is 6. The van der Waals surface area contributed by atoms with Crippen molar-refractivity contribution in [3.8, 4) is 0 Å². The first-order valence-electron chi connectivity index (χ1n) is 4.53. The van der Waals surface area contributed by atoms with Gasteiger partial charge >= 0.3 is 12.9 Å². The fourth-order valence-electron chi connectivity index (χ4n) is 0.913. The number of rotatable bonds is 1. The van der Waals surface area contributed by atoms with Crippen molar-refractivity contribution in [3.63, 3.8) is 0 Å². The number of hydrogen-bond donors (Lipinski definition) is 1. The molecule has 0 aliphatic heterocycles. The van der Waals surface area contributed by atoms with E-state index in [4.69, 9.17) is 28.6 Å². The number of nitrogens with zero attached hydrogens (tertiary/aromatic N) is 2. The first kappa shape index (κ1) is 17.5. The Morgan fingerprint density at radius 3 is 1.89 bits per heavy atom. The van der Waals surface area contributed by atoms with Gasteiger partial charge in [-0.15, -0.1) is 0 Å². The van der Waals surface area contributed by atoms with Crippen LogP contribution in [0.25, 0.3) is 4.98 Å². The van der Waals surface area contributed by atoms with Crippen LogP contribution in [0.3, 0.4) is 0 Å². The van der Waals surface area contributed by atoms with Crippen LogP contribution < -0.4 is 5.32 Å². The number of nitrogens with one attached hydrogen (secondary N) is 1. The van der Waals surface area contributed by atoms with Gasteiger partial charge < -0.3 is 22.6 Å². The summed E-state index contributed by atoms with van der Waals surface area (Å²) in [7, 11) is -6.00. The summed E-state index contributed by atoms with van der Waals surface area (Å²) >= 11 is 11.6. The Bertz CT molecular complexity index is 489. The average molecular weight is 318 g/mol. The minimum absolute atomic E-state index is 0.223. The number of amides is 1. The van der Waals surface area contributed by atoms with Crippen LogP contribution >= 0.6 is 23.2 Å². The molecule has 0 radical (unpaired) electrons. The fraction of sp³-hybridized carbons (Fsp3) is 0.125. The third-order valence-corrected chi connectivity index (χ3v) is 2.04. The van der Waals surface area contributed by atoms with Crippen molar-refractivity contribution in [2.45, 2.75) is 6.92 Å². The van der Waals surface area contributed by atoms with Gasteiger partial charge in [-0.1, -0.05) is 23.2 Å². The van der Waals surface area contributed by atoms with Crippen molar-refractivity contribution >= 4 is 47.7 Å². The van der Waals surface area contributed by atoms with Crippen LogP contribution in [-0.2, 0) is 4.79 Å². The second-order valence-corrected chi connectivity index (χ2v) is 3.87. The summed E-state index contributed by atoms with van der Waals surface area (Å²) in [6, 6.07) is 2.78. The van der Waals surface area contributed by atoms with E-state index >= 15 is 0 Å². The molecule has 1 rings (SSSR count). The Balaban J connectivity index is 0.000000555. The summed E-state index contributed by atoms with van der Waals surface area (Å²) in [5.74, 6) is -0.275. The van der Waals surface area contributed by atoms with E-state index < -0.39 is 7.25 Å². The number of benzene rings is 1. The van der Waals surface area contributed by atoms with E-state index in [0.717, 1.165) is 0 Å². The zero-order valence-electron chi connectivity index (χ0n) is 9.30. The van der Waals surface area contributed by atoms with Gasteiger partial charge in [-0.3, -0.25) is 4.79 Å². The van der Waals surface area contributed by atoms with Crippen LogP contribution in [0.5, 0.6) is 0 Å². The van der Waals surface area contributed by atoms with E-state index in [9.17, 15) is 22.1 Å². The highest BCUT2D eigenvalue weighted by Crippen LogP contribution is 2.34. The smallest absolute Gasteiger partial charge is 0.418 e. The van der Waals surface area contributed by atoms with Crippen molar-refractivity contribution in [2.24, 2.45) is 0 Å². The van der Waals surface area contributed by atoms with Crippen LogP contribution in [-0.4, -0.2) is 13.2 Å². The SMILES string of the molecule is CC(=O)Nc1c(Cl)cc([N+]#N)cc1Cl.F[B-](F)(F)F.